The van der Waals surface area contributed by atoms with Crippen molar-refractivity contribution < 1.29 is 10.0 Å². The number of hydrogen-bond donors (Lipinski definition) is 1. The highest BCUT2D eigenvalue weighted by Crippen LogP contribution is 2.31. The molecule has 0 aliphatic carbocycles. The van der Waals surface area contributed by atoms with Gasteiger partial charge in [-0.25, -0.2) is 0 Å². The van der Waals surface area contributed by atoms with E-state index >= 15 is 0 Å². The normalized spacial score (nSPS) is 10.3. The number of nitrogens with zero attached hydrogens (tertiary/aromatic N) is 2. The van der Waals surface area contributed by atoms with Gasteiger partial charge in [-0.15, -0.1) is 0 Å². The van der Waals surface area contributed by atoms with Crippen molar-refractivity contribution >= 4 is 16.6 Å². The van der Waals surface area contributed by atoms with Crippen LogP contribution in [0, 0.1) is 10.1 Å². The van der Waals surface area contributed by atoms with E-state index in [1.807, 2.05) is 0 Å². The lowest BCUT2D eigenvalue weighted by Crippen LogP contribution is -1.91. The predicted molar refractivity (Wildman–Crippen MR) is 50.1 cm³/mol. The van der Waals surface area contributed by atoms with Gasteiger partial charge in [0.15, 0.2) is 0 Å². The Kier molecular flexibility index (Phi) is 1.78. The van der Waals surface area contributed by atoms with E-state index in [-0.39, 0.29) is 5.69 Å². The van der Waals surface area contributed by atoms with Crippen LogP contribution in [-0.4, -0.2) is 15.0 Å². The number of aromatic nitrogens is 1. The summed E-state index contributed by atoms with van der Waals surface area (Å²) in [6, 6.07) is 6.61. The SMILES string of the molecule is O=[N+]([O-])c1c(O)cnc2ccccc12. The Morgan fingerprint density at radius 2 is 2.07 bits per heavy atom. The van der Waals surface area contributed by atoms with Gasteiger partial charge in [0.2, 0.25) is 5.75 Å². The Morgan fingerprint density at radius 1 is 1.36 bits per heavy atom. The van der Waals surface area contributed by atoms with Crippen LogP contribution in [0.15, 0.2) is 30.5 Å². The molecule has 0 spiro atoms. The van der Waals surface area contributed by atoms with Crippen molar-refractivity contribution in [2.45, 2.75) is 0 Å². The number of para-hydroxylation sites is 1. The molecule has 1 heterocycles. The van der Waals surface area contributed by atoms with Gasteiger partial charge in [-0.05, 0) is 12.1 Å². The molecule has 2 rings (SSSR count). The molecule has 1 N–H and O–H groups in total. The summed E-state index contributed by atoms with van der Waals surface area (Å²) < 4.78 is 0. The first kappa shape index (κ1) is 8.43. The lowest BCUT2D eigenvalue weighted by molar-refractivity contribution is -0.384. The molecule has 0 saturated heterocycles. The second-order valence-electron chi connectivity index (χ2n) is 2.77. The van der Waals surface area contributed by atoms with Crippen molar-refractivity contribution in [2.24, 2.45) is 0 Å². The first-order valence-electron chi connectivity index (χ1n) is 3.91. The molecule has 0 bridgehead atoms. The van der Waals surface area contributed by atoms with Gasteiger partial charge >= 0.3 is 5.69 Å². The van der Waals surface area contributed by atoms with Gasteiger partial charge in [-0.1, -0.05) is 12.1 Å². The molecule has 1 aromatic heterocycles. The minimum atomic E-state index is -0.612. The molecule has 0 aliphatic rings. The van der Waals surface area contributed by atoms with Crippen LogP contribution in [0.3, 0.4) is 0 Å². The third-order valence-corrected chi connectivity index (χ3v) is 1.91. The molecule has 1 aromatic carbocycles. The molecule has 0 aliphatic heterocycles. The summed E-state index contributed by atoms with van der Waals surface area (Å²) in [6.07, 6.45) is 1.08. The van der Waals surface area contributed by atoms with Crippen LogP contribution in [0.25, 0.3) is 10.9 Å². The van der Waals surface area contributed by atoms with Gasteiger partial charge in [-0.2, -0.15) is 0 Å². The average molecular weight is 190 g/mol. The van der Waals surface area contributed by atoms with E-state index in [9.17, 15) is 15.2 Å². The molecule has 0 amide bonds. The maximum Gasteiger partial charge on any atom is 0.321 e. The number of nitro groups is 1. The van der Waals surface area contributed by atoms with Gasteiger partial charge in [0.1, 0.15) is 0 Å². The lowest BCUT2D eigenvalue weighted by atomic mass is 10.2. The molecule has 5 heteroatoms. The largest absolute Gasteiger partial charge is 0.501 e. The van der Waals surface area contributed by atoms with E-state index in [4.69, 9.17) is 0 Å². The van der Waals surface area contributed by atoms with Crippen LogP contribution in [0.1, 0.15) is 0 Å². The zero-order chi connectivity index (χ0) is 10.1. The van der Waals surface area contributed by atoms with Gasteiger partial charge < -0.3 is 5.11 Å². The standard InChI is InChI=1S/C9H6N2O3/c12-8-5-10-7-4-2-1-3-6(7)9(8)11(13)14/h1-5,12H. The second kappa shape index (κ2) is 2.95. The van der Waals surface area contributed by atoms with Crippen LogP contribution in [0.2, 0.25) is 0 Å². The van der Waals surface area contributed by atoms with E-state index in [1.54, 1.807) is 24.3 Å². The zero-order valence-corrected chi connectivity index (χ0v) is 7.04. The van der Waals surface area contributed by atoms with E-state index in [0.29, 0.717) is 10.9 Å². The first-order valence-corrected chi connectivity index (χ1v) is 3.91. The van der Waals surface area contributed by atoms with Gasteiger partial charge in [0, 0.05) is 0 Å². The highest BCUT2D eigenvalue weighted by molar-refractivity contribution is 5.90. The maximum absolute atomic E-state index is 10.7. The Morgan fingerprint density at radius 3 is 2.79 bits per heavy atom. The van der Waals surface area contributed by atoms with E-state index < -0.39 is 10.7 Å². The quantitative estimate of drug-likeness (QED) is 0.549. The van der Waals surface area contributed by atoms with Crippen molar-refractivity contribution in [3.05, 3.63) is 40.6 Å². The Labute approximate surface area is 78.8 Å². The van der Waals surface area contributed by atoms with Crippen molar-refractivity contribution in [3.8, 4) is 5.75 Å². The summed E-state index contributed by atoms with van der Waals surface area (Å²) in [5, 5.41) is 20.3. The van der Waals surface area contributed by atoms with Crippen molar-refractivity contribution in [1.82, 2.24) is 4.98 Å². The molecule has 0 radical (unpaired) electrons. The number of fused-ring (bicyclic) bond motifs is 1. The summed E-state index contributed by atoms with van der Waals surface area (Å²) in [6.45, 7) is 0. The molecule has 70 valence electrons. The van der Waals surface area contributed by atoms with Crippen molar-refractivity contribution in [2.75, 3.05) is 0 Å². The number of aromatic hydroxyl groups is 1. The highest BCUT2D eigenvalue weighted by atomic mass is 16.6. The van der Waals surface area contributed by atoms with E-state index in [1.165, 1.54) is 0 Å². The minimum absolute atomic E-state index is 0.296. The van der Waals surface area contributed by atoms with Crippen LogP contribution >= 0.6 is 0 Å². The number of pyridine rings is 1. The molecular formula is C9H6N2O3. The van der Waals surface area contributed by atoms with Crippen LogP contribution in [-0.2, 0) is 0 Å². The Balaban J connectivity index is 2.90. The fraction of sp³-hybridized carbons (Fsp3) is 0. The smallest absolute Gasteiger partial charge is 0.321 e. The topological polar surface area (TPSA) is 76.3 Å². The van der Waals surface area contributed by atoms with Crippen molar-refractivity contribution in [3.63, 3.8) is 0 Å². The molecule has 5 nitrogen and oxygen atoms in total. The monoisotopic (exact) mass is 190 g/mol. The third kappa shape index (κ3) is 1.15. The minimum Gasteiger partial charge on any atom is -0.501 e. The Hall–Kier alpha value is -2.17. The molecule has 0 atom stereocenters. The maximum atomic E-state index is 10.7. The summed E-state index contributed by atoms with van der Waals surface area (Å²) >= 11 is 0. The van der Waals surface area contributed by atoms with Crippen LogP contribution < -0.4 is 0 Å². The number of rotatable bonds is 1. The van der Waals surface area contributed by atoms with Crippen LogP contribution in [0.5, 0.6) is 5.75 Å². The third-order valence-electron chi connectivity index (χ3n) is 1.91. The predicted octanol–water partition coefficient (Wildman–Crippen LogP) is 1.85. The summed E-state index contributed by atoms with van der Waals surface area (Å²) in [5.74, 6) is -0.409. The number of benzene rings is 1. The lowest BCUT2D eigenvalue weighted by Gasteiger charge is -1.99. The highest BCUT2D eigenvalue weighted by Gasteiger charge is 2.17. The fourth-order valence-corrected chi connectivity index (χ4v) is 1.31. The molecule has 0 fully saturated rings. The fourth-order valence-electron chi connectivity index (χ4n) is 1.31. The molecule has 14 heavy (non-hydrogen) atoms. The average Bonchev–Trinajstić information content (AvgIpc) is 2.17. The van der Waals surface area contributed by atoms with Gasteiger partial charge in [0.05, 0.1) is 22.0 Å². The molecule has 0 unspecified atom stereocenters. The summed E-state index contributed by atoms with van der Waals surface area (Å²) in [7, 11) is 0. The van der Waals surface area contributed by atoms with E-state index in [0.717, 1.165) is 6.20 Å². The molecule has 2 aromatic rings. The molecular weight excluding hydrogens is 184 g/mol. The molecule has 0 saturated carbocycles. The number of hydrogen-bond acceptors (Lipinski definition) is 4. The zero-order valence-electron chi connectivity index (χ0n) is 7.04. The van der Waals surface area contributed by atoms with E-state index in [2.05, 4.69) is 4.98 Å². The first-order chi connectivity index (χ1) is 6.70. The summed E-state index contributed by atoms with van der Waals surface area (Å²) in [5.41, 5.74) is 0.201. The van der Waals surface area contributed by atoms with Gasteiger partial charge in [-0.3, -0.25) is 15.1 Å². The Bertz CT molecular complexity index is 510. The van der Waals surface area contributed by atoms with Crippen LogP contribution in [0.4, 0.5) is 5.69 Å². The van der Waals surface area contributed by atoms with Gasteiger partial charge in [0.25, 0.3) is 0 Å². The second-order valence-corrected chi connectivity index (χ2v) is 2.77. The van der Waals surface area contributed by atoms with Crippen molar-refractivity contribution in [1.29, 1.82) is 0 Å². The summed E-state index contributed by atoms with van der Waals surface area (Å²) in [4.78, 5) is 13.9.